The van der Waals surface area contributed by atoms with E-state index in [2.05, 4.69) is 31.1 Å². The van der Waals surface area contributed by atoms with E-state index < -0.39 is 5.54 Å². The van der Waals surface area contributed by atoms with E-state index in [4.69, 9.17) is 4.74 Å². The Morgan fingerprint density at radius 2 is 2.05 bits per heavy atom. The zero-order chi connectivity index (χ0) is 14.8. The first-order chi connectivity index (χ1) is 9.48. The summed E-state index contributed by atoms with van der Waals surface area (Å²) in [5, 5.41) is 3.52. The van der Waals surface area contributed by atoms with Gasteiger partial charge in [-0.15, -0.1) is 0 Å². The third-order valence-electron chi connectivity index (χ3n) is 4.65. The average Bonchev–Trinajstić information content (AvgIpc) is 3.22. The molecule has 0 aromatic heterocycles. The molecule has 2 saturated carbocycles. The maximum atomic E-state index is 12.5. The predicted octanol–water partition coefficient (Wildman–Crippen LogP) is 2.32. The van der Waals surface area contributed by atoms with Crippen LogP contribution < -0.4 is 5.32 Å². The molecule has 2 rings (SSSR count). The number of rotatable bonds is 6. The minimum Gasteiger partial charge on any atom is -0.465 e. The molecule has 4 heteroatoms. The van der Waals surface area contributed by atoms with E-state index in [1.54, 1.807) is 0 Å². The van der Waals surface area contributed by atoms with Crippen molar-refractivity contribution in [3.8, 4) is 0 Å². The molecule has 0 aromatic carbocycles. The van der Waals surface area contributed by atoms with Crippen molar-refractivity contribution in [2.75, 3.05) is 13.7 Å². The molecule has 0 spiro atoms. The van der Waals surface area contributed by atoms with Gasteiger partial charge in [-0.2, -0.15) is 0 Å². The molecule has 20 heavy (non-hydrogen) atoms. The van der Waals surface area contributed by atoms with E-state index >= 15 is 0 Å². The summed E-state index contributed by atoms with van der Waals surface area (Å²) in [6, 6.07) is 1.55. The fraction of sp³-hybridized carbons (Fsp3) is 0.938. The Kier molecular flexibility index (Phi) is 5.08. The number of nitrogens with one attached hydrogen (secondary N) is 1. The standard InChI is InChI=1S/C16H30N2O2/c1-5-20-15(19)16(17-12(2)3)10-6-7-14(11-16)18(4)13-8-9-13/h12-14,17H,5-11H2,1-4H3. The van der Waals surface area contributed by atoms with Crippen molar-refractivity contribution in [3.63, 3.8) is 0 Å². The van der Waals surface area contributed by atoms with Gasteiger partial charge in [0.25, 0.3) is 0 Å². The van der Waals surface area contributed by atoms with Crippen LogP contribution in [0.25, 0.3) is 0 Å². The van der Waals surface area contributed by atoms with Crippen LogP contribution in [0.4, 0.5) is 0 Å². The van der Waals surface area contributed by atoms with Gasteiger partial charge < -0.3 is 9.64 Å². The smallest absolute Gasteiger partial charge is 0.326 e. The molecule has 4 nitrogen and oxygen atoms in total. The number of esters is 1. The fourth-order valence-corrected chi connectivity index (χ4v) is 3.57. The van der Waals surface area contributed by atoms with Gasteiger partial charge in [-0.05, 0) is 66.3 Å². The third-order valence-corrected chi connectivity index (χ3v) is 4.65. The Hall–Kier alpha value is -0.610. The van der Waals surface area contributed by atoms with Crippen molar-refractivity contribution in [1.29, 1.82) is 0 Å². The first-order valence-electron chi connectivity index (χ1n) is 8.15. The van der Waals surface area contributed by atoms with E-state index in [0.29, 0.717) is 18.7 Å². The highest BCUT2D eigenvalue weighted by atomic mass is 16.5. The molecule has 0 heterocycles. The van der Waals surface area contributed by atoms with Crippen LogP contribution in [0.3, 0.4) is 0 Å². The van der Waals surface area contributed by atoms with Gasteiger partial charge in [0.1, 0.15) is 5.54 Å². The molecule has 2 aliphatic carbocycles. The summed E-state index contributed by atoms with van der Waals surface area (Å²) in [6.07, 6.45) is 6.72. The van der Waals surface area contributed by atoms with E-state index in [1.807, 2.05) is 6.92 Å². The molecule has 1 N–H and O–H groups in total. The molecule has 0 bridgehead atoms. The number of ether oxygens (including phenoxy) is 1. The second-order valence-corrected chi connectivity index (χ2v) is 6.75. The largest absolute Gasteiger partial charge is 0.465 e. The van der Waals surface area contributed by atoms with Crippen LogP contribution in [0.1, 0.15) is 59.3 Å². The fourth-order valence-electron chi connectivity index (χ4n) is 3.57. The lowest BCUT2D eigenvalue weighted by molar-refractivity contribution is -0.154. The molecule has 2 unspecified atom stereocenters. The van der Waals surface area contributed by atoms with Crippen molar-refractivity contribution in [3.05, 3.63) is 0 Å². The summed E-state index contributed by atoms with van der Waals surface area (Å²) in [5.41, 5.74) is -0.476. The van der Waals surface area contributed by atoms with Crippen LogP contribution in [0.2, 0.25) is 0 Å². The lowest BCUT2D eigenvalue weighted by atomic mass is 9.77. The van der Waals surface area contributed by atoms with Gasteiger partial charge in [0, 0.05) is 18.1 Å². The second kappa shape index (κ2) is 6.44. The molecule has 116 valence electrons. The first-order valence-corrected chi connectivity index (χ1v) is 8.15. The van der Waals surface area contributed by atoms with Gasteiger partial charge in [0.05, 0.1) is 6.61 Å². The molecule has 2 aliphatic rings. The van der Waals surface area contributed by atoms with Crippen LogP contribution in [0, 0.1) is 0 Å². The minimum absolute atomic E-state index is 0.0532. The Labute approximate surface area is 123 Å². The Morgan fingerprint density at radius 1 is 1.35 bits per heavy atom. The monoisotopic (exact) mass is 282 g/mol. The third kappa shape index (κ3) is 3.53. The zero-order valence-corrected chi connectivity index (χ0v) is 13.4. The van der Waals surface area contributed by atoms with Crippen LogP contribution in [-0.2, 0) is 9.53 Å². The van der Waals surface area contributed by atoms with Crippen LogP contribution >= 0.6 is 0 Å². The van der Waals surface area contributed by atoms with E-state index in [-0.39, 0.29) is 5.97 Å². The topological polar surface area (TPSA) is 41.6 Å². The van der Waals surface area contributed by atoms with Gasteiger partial charge >= 0.3 is 5.97 Å². The van der Waals surface area contributed by atoms with Crippen molar-refractivity contribution in [2.24, 2.45) is 0 Å². The molecular weight excluding hydrogens is 252 g/mol. The van der Waals surface area contributed by atoms with E-state index in [1.165, 1.54) is 19.3 Å². The Balaban J connectivity index is 2.10. The lowest BCUT2D eigenvalue weighted by Crippen LogP contribution is -2.60. The maximum Gasteiger partial charge on any atom is 0.326 e. The number of carbonyl (C=O) groups excluding carboxylic acids is 1. The highest BCUT2D eigenvalue weighted by Gasteiger charge is 2.46. The lowest BCUT2D eigenvalue weighted by Gasteiger charge is -2.43. The van der Waals surface area contributed by atoms with E-state index in [0.717, 1.165) is 25.3 Å². The summed E-state index contributed by atoms with van der Waals surface area (Å²) >= 11 is 0. The van der Waals surface area contributed by atoms with Gasteiger partial charge in [-0.1, -0.05) is 0 Å². The number of hydrogen-bond donors (Lipinski definition) is 1. The summed E-state index contributed by atoms with van der Waals surface area (Å²) in [7, 11) is 2.22. The van der Waals surface area contributed by atoms with E-state index in [9.17, 15) is 4.79 Å². The molecule has 0 radical (unpaired) electrons. The second-order valence-electron chi connectivity index (χ2n) is 6.75. The van der Waals surface area contributed by atoms with Gasteiger partial charge in [0.2, 0.25) is 0 Å². The molecular formula is C16H30N2O2. The van der Waals surface area contributed by atoms with Crippen molar-refractivity contribution >= 4 is 5.97 Å². The highest BCUT2D eigenvalue weighted by Crippen LogP contribution is 2.37. The summed E-state index contributed by atoms with van der Waals surface area (Å²) < 4.78 is 5.37. The summed E-state index contributed by atoms with van der Waals surface area (Å²) in [4.78, 5) is 15.0. The molecule has 0 aromatic rings. The molecule has 0 amide bonds. The molecule has 2 atom stereocenters. The van der Waals surface area contributed by atoms with Crippen molar-refractivity contribution < 1.29 is 9.53 Å². The first kappa shape index (κ1) is 15.8. The number of nitrogens with zero attached hydrogens (tertiary/aromatic N) is 1. The SMILES string of the molecule is CCOC(=O)C1(NC(C)C)CCCC(N(C)C2CC2)C1. The minimum atomic E-state index is -0.476. The molecule has 0 aliphatic heterocycles. The van der Waals surface area contributed by atoms with Crippen molar-refractivity contribution in [2.45, 2.75) is 83.0 Å². The number of hydrogen-bond acceptors (Lipinski definition) is 4. The highest BCUT2D eigenvalue weighted by molar-refractivity contribution is 5.81. The Morgan fingerprint density at radius 3 is 2.60 bits per heavy atom. The quantitative estimate of drug-likeness (QED) is 0.759. The predicted molar refractivity (Wildman–Crippen MR) is 80.7 cm³/mol. The van der Waals surface area contributed by atoms with Crippen LogP contribution in [-0.4, -0.2) is 48.2 Å². The maximum absolute atomic E-state index is 12.5. The Bertz CT molecular complexity index is 341. The molecule has 2 fully saturated rings. The normalized spacial score (nSPS) is 30.8. The van der Waals surface area contributed by atoms with Gasteiger partial charge in [-0.25, -0.2) is 0 Å². The zero-order valence-electron chi connectivity index (χ0n) is 13.4. The van der Waals surface area contributed by atoms with Crippen LogP contribution in [0.5, 0.6) is 0 Å². The van der Waals surface area contributed by atoms with Gasteiger partial charge in [0.15, 0.2) is 0 Å². The van der Waals surface area contributed by atoms with Crippen molar-refractivity contribution in [1.82, 2.24) is 10.2 Å². The summed E-state index contributed by atoms with van der Waals surface area (Å²) in [5.74, 6) is -0.0532. The summed E-state index contributed by atoms with van der Waals surface area (Å²) in [6.45, 7) is 6.56. The molecule has 0 saturated heterocycles. The number of carbonyl (C=O) groups is 1. The van der Waals surface area contributed by atoms with Crippen LogP contribution in [0.15, 0.2) is 0 Å². The average molecular weight is 282 g/mol. The van der Waals surface area contributed by atoms with Gasteiger partial charge in [-0.3, -0.25) is 10.1 Å².